The van der Waals surface area contributed by atoms with Gasteiger partial charge in [-0.2, -0.15) is 8.61 Å². The average molecular weight is 593 g/mol. The molecule has 10 heteroatoms. The number of nitrogens with zero attached hydrogens (tertiary/aromatic N) is 2. The smallest absolute Gasteiger partial charge is 0.243 e. The zero-order valence-corrected chi connectivity index (χ0v) is 25.9. The standard InChI is InChI=1S/C30H44N2O6S2/c1-29(2,3)23-6-10-27(11-7-23)40(37,38)32-19-14-22(28(32)21-33)20-30(4,5)24-8-12-26(13-9-24)39(35,36)31-17-15-25(34)16-18-31/h6-13,22,25,28,33-34H,14-21H2,1-5H3/t22?,28-/m0/s1. The van der Waals surface area contributed by atoms with Gasteiger partial charge in [-0.25, -0.2) is 16.8 Å². The molecule has 2 N–H and O–H groups in total. The lowest BCUT2D eigenvalue weighted by molar-refractivity contribution is 0.113. The predicted octanol–water partition coefficient (Wildman–Crippen LogP) is 3.87. The van der Waals surface area contributed by atoms with E-state index in [9.17, 15) is 27.0 Å². The Morgan fingerprint density at radius 2 is 1.25 bits per heavy atom. The molecule has 0 bridgehead atoms. The second-order valence-corrected chi connectivity index (χ2v) is 16.8. The van der Waals surface area contributed by atoms with Gasteiger partial charge in [0.1, 0.15) is 0 Å². The van der Waals surface area contributed by atoms with Crippen LogP contribution in [0.1, 0.15) is 71.4 Å². The van der Waals surface area contributed by atoms with E-state index in [4.69, 9.17) is 0 Å². The normalized spacial score (nSPS) is 22.6. The number of aliphatic hydroxyl groups excluding tert-OH is 2. The Hall–Kier alpha value is -1.82. The van der Waals surface area contributed by atoms with Gasteiger partial charge in [-0.15, -0.1) is 0 Å². The minimum atomic E-state index is -3.77. The maximum atomic E-state index is 13.6. The van der Waals surface area contributed by atoms with Crippen LogP contribution in [-0.4, -0.2) is 74.0 Å². The van der Waals surface area contributed by atoms with Crippen LogP contribution in [0.3, 0.4) is 0 Å². The summed E-state index contributed by atoms with van der Waals surface area (Å²) in [6.07, 6.45) is 1.71. The highest BCUT2D eigenvalue weighted by Crippen LogP contribution is 2.40. The lowest BCUT2D eigenvalue weighted by Gasteiger charge is -2.33. The van der Waals surface area contributed by atoms with Crippen molar-refractivity contribution in [2.75, 3.05) is 26.2 Å². The summed E-state index contributed by atoms with van der Waals surface area (Å²) >= 11 is 0. The van der Waals surface area contributed by atoms with E-state index in [0.717, 1.165) is 11.1 Å². The molecule has 4 rings (SSSR count). The Morgan fingerprint density at radius 1 is 0.750 bits per heavy atom. The van der Waals surface area contributed by atoms with Crippen molar-refractivity contribution in [1.29, 1.82) is 0 Å². The monoisotopic (exact) mass is 592 g/mol. The van der Waals surface area contributed by atoms with E-state index in [2.05, 4.69) is 34.6 Å². The Kier molecular flexibility index (Phi) is 8.91. The molecular weight excluding hydrogens is 548 g/mol. The average Bonchev–Trinajstić information content (AvgIpc) is 3.31. The first kappa shape index (κ1) is 31.1. The molecule has 8 nitrogen and oxygen atoms in total. The van der Waals surface area contributed by atoms with Crippen molar-refractivity contribution in [3.05, 3.63) is 59.7 Å². The number of hydrogen-bond acceptors (Lipinski definition) is 6. The number of benzene rings is 2. The Balaban J connectivity index is 1.48. The minimum Gasteiger partial charge on any atom is -0.395 e. The molecule has 2 fully saturated rings. The van der Waals surface area contributed by atoms with E-state index in [1.54, 1.807) is 24.3 Å². The van der Waals surface area contributed by atoms with Gasteiger partial charge in [0.05, 0.1) is 28.5 Å². The largest absolute Gasteiger partial charge is 0.395 e. The summed E-state index contributed by atoms with van der Waals surface area (Å²) in [4.78, 5) is 0.464. The summed E-state index contributed by atoms with van der Waals surface area (Å²) in [5, 5.41) is 20.0. The first-order valence-corrected chi connectivity index (χ1v) is 17.0. The molecule has 2 aliphatic heterocycles. The van der Waals surface area contributed by atoms with Crippen LogP contribution < -0.4 is 0 Å². The number of hydrogen-bond donors (Lipinski definition) is 2. The van der Waals surface area contributed by atoms with E-state index in [0.29, 0.717) is 45.3 Å². The number of rotatable bonds is 8. The van der Waals surface area contributed by atoms with Gasteiger partial charge in [0.15, 0.2) is 0 Å². The van der Waals surface area contributed by atoms with E-state index >= 15 is 0 Å². The molecule has 2 aromatic carbocycles. The molecule has 2 saturated heterocycles. The van der Waals surface area contributed by atoms with E-state index in [1.807, 2.05) is 24.3 Å². The molecule has 2 aromatic rings. The van der Waals surface area contributed by atoms with Crippen LogP contribution >= 0.6 is 0 Å². The third-order valence-corrected chi connectivity index (χ3v) is 12.5. The molecule has 0 aliphatic carbocycles. The van der Waals surface area contributed by atoms with Crippen LogP contribution in [0.25, 0.3) is 0 Å². The fourth-order valence-electron chi connectivity index (χ4n) is 6.01. The van der Waals surface area contributed by atoms with Crippen molar-refractivity contribution in [1.82, 2.24) is 8.61 Å². The lowest BCUT2D eigenvalue weighted by Crippen LogP contribution is -2.41. The molecule has 0 aromatic heterocycles. The van der Waals surface area contributed by atoms with Gasteiger partial charge in [0.25, 0.3) is 0 Å². The summed E-state index contributed by atoms with van der Waals surface area (Å²) in [5.41, 5.74) is 1.56. The van der Waals surface area contributed by atoms with Gasteiger partial charge in [-0.3, -0.25) is 0 Å². The van der Waals surface area contributed by atoms with E-state index < -0.39 is 32.2 Å². The lowest BCUT2D eigenvalue weighted by atomic mass is 9.75. The van der Waals surface area contributed by atoms with Gasteiger partial charge < -0.3 is 10.2 Å². The molecule has 2 heterocycles. The molecule has 40 heavy (non-hydrogen) atoms. The third-order valence-electron chi connectivity index (χ3n) is 8.62. The Labute approximate surface area is 240 Å². The van der Waals surface area contributed by atoms with Crippen LogP contribution in [0, 0.1) is 5.92 Å². The summed E-state index contributed by atoms with van der Waals surface area (Å²) < 4.78 is 56.2. The molecule has 0 amide bonds. The SMILES string of the molecule is CC(C)(C)c1ccc(S(=O)(=O)N2CCC(CC(C)(C)c3ccc(S(=O)(=O)N4CCC(O)CC4)cc3)[C@@H]2CO)cc1. The summed E-state index contributed by atoms with van der Waals surface area (Å²) in [6, 6.07) is 13.4. The summed E-state index contributed by atoms with van der Waals surface area (Å²) in [7, 11) is -7.39. The van der Waals surface area contributed by atoms with Crippen LogP contribution in [0.2, 0.25) is 0 Å². The van der Waals surface area contributed by atoms with Crippen molar-refractivity contribution in [2.24, 2.45) is 5.92 Å². The van der Waals surface area contributed by atoms with Gasteiger partial charge >= 0.3 is 0 Å². The van der Waals surface area contributed by atoms with Crippen LogP contribution in [0.4, 0.5) is 0 Å². The maximum Gasteiger partial charge on any atom is 0.243 e. The zero-order chi connectivity index (χ0) is 29.5. The van der Waals surface area contributed by atoms with Crippen molar-refractivity contribution < 1.29 is 27.0 Å². The summed E-state index contributed by atoms with van der Waals surface area (Å²) in [5.74, 6) is -0.0493. The van der Waals surface area contributed by atoms with Gasteiger partial charge in [0.2, 0.25) is 20.0 Å². The van der Waals surface area contributed by atoms with Gasteiger partial charge in [-0.05, 0) is 77.8 Å². The van der Waals surface area contributed by atoms with Crippen molar-refractivity contribution in [3.8, 4) is 0 Å². The molecule has 1 unspecified atom stereocenters. The van der Waals surface area contributed by atoms with Crippen LogP contribution in [0.5, 0.6) is 0 Å². The molecule has 0 spiro atoms. The first-order chi connectivity index (χ1) is 18.6. The van der Waals surface area contributed by atoms with Crippen molar-refractivity contribution in [2.45, 2.75) is 93.1 Å². The number of aliphatic hydroxyl groups is 2. The predicted molar refractivity (Wildman–Crippen MR) is 156 cm³/mol. The van der Waals surface area contributed by atoms with Crippen molar-refractivity contribution >= 4 is 20.0 Å². The quantitative estimate of drug-likeness (QED) is 0.481. The molecule has 222 valence electrons. The molecule has 0 radical (unpaired) electrons. The number of sulfonamides is 2. The van der Waals surface area contributed by atoms with Crippen LogP contribution in [-0.2, 0) is 30.9 Å². The molecule has 2 atom stereocenters. The maximum absolute atomic E-state index is 13.6. The fourth-order valence-corrected chi connectivity index (χ4v) is 9.17. The fraction of sp³-hybridized carbons (Fsp3) is 0.600. The number of piperidine rings is 1. The molecule has 0 saturated carbocycles. The molecule has 2 aliphatic rings. The second kappa shape index (κ2) is 11.5. The Bertz CT molecular complexity index is 1370. The van der Waals surface area contributed by atoms with E-state index in [-0.39, 0.29) is 33.1 Å². The highest BCUT2D eigenvalue weighted by atomic mass is 32.2. The van der Waals surface area contributed by atoms with Gasteiger partial charge in [-0.1, -0.05) is 58.9 Å². The third kappa shape index (κ3) is 6.32. The highest BCUT2D eigenvalue weighted by molar-refractivity contribution is 7.89. The van der Waals surface area contributed by atoms with E-state index in [1.165, 1.54) is 8.61 Å². The van der Waals surface area contributed by atoms with Crippen LogP contribution in [0.15, 0.2) is 58.3 Å². The molecular formula is C30H44N2O6S2. The summed E-state index contributed by atoms with van der Waals surface area (Å²) in [6.45, 7) is 11.1. The topological polar surface area (TPSA) is 115 Å². The van der Waals surface area contributed by atoms with Crippen molar-refractivity contribution in [3.63, 3.8) is 0 Å². The van der Waals surface area contributed by atoms with Gasteiger partial charge in [0, 0.05) is 19.6 Å². The Morgan fingerprint density at radius 3 is 1.75 bits per heavy atom. The minimum absolute atomic E-state index is 0.0493. The highest BCUT2D eigenvalue weighted by Gasteiger charge is 2.43. The first-order valence-electron chi connectivity index (χ1n) is 14.1. The zero-order valence-electron chi connectivity index (χ0n) is 24.2. The second-order valence-electron chi connectivity index (χ2n) is 12.9.